The molecule has 1 aliphatic heterocycles. The third-order valence-corrected chi connectivity index (χ3v) is 4.62. The van der Waals surface area contributed by atoms with Crippen LogP contribution in [-0.4, -0.2) is 0 Å². The molecule has 1 aliphatic rings. The molecule has 0 radical (unpaired) electrons. The molecule has 0 saturated heterocycles. The summed E-state index contributed by atoms with van der Waals surface area (Å²) in [7, 11) is 0. The Morgan fingerprint density at radius 2 is 1.42 bits per heavy atom. The number of anilines is 2. The standard InChI is InChI=1S/C22H15NO/c1-2-23-19-13-11-16-8-4-6-10-18(16)22(19)24-20-14-12-15-7-3-5-9-17(15)21(20)23/h2-14H,1H2. The van der Waals surface area contributed by atoms with Crippen LogP contribution in [0.1, 0.15) is 0 Å². The molecule has 4 aromatic rings. The minimum absolute atomic E-state index is 0.859. The van der Waals surface area contributed by atoms with Crippen LogP contribution in [-0.2, 0) is 0 Å². The highest BCUT2D eigenvalue weighted by Crippen LogP contribution is 2.52. The minimum atomic E-state index is 0.859. The summed E-state index contributed by atoms with van der Waals surface area (Å²) in [5, 5.41) is 4.63. The molecule has 0 bridgehead atoms. The molecule has 0 N–H and O–H groups in total. The molecule has 114 valence electrons. The molecular formula is C22H15NO. The molecule has 0 spiro atoms. The summed E-state index contributed by atoms with van der Waals surface area (Å²) in [6, 6.07) is 25.0. The highest BCUT2D eigenvalue weighted by molar-refractivity contribution is 6.04. The molecule has 0 amide bonds. The van der Waals surface area contributed by atoms with Crippen molar-refractivity contribution in [2.75, 3.05) is 4.90 Å². The molecule has 4 aromatic carbocycles. The number of ether oxygens (including phenoxy) is 1. The van der Waals surface area contributed by atoms with Crippen molar-refractivity contribution in [2.45, 2.75) is 0 Å². The summed E-state index contributed by atoms with van der Waals surface area (Å²) in [5.41, 5.74) is 2.07. The average Bonchev–Trinajstić information content (AvgIpc) is 2.66. The van der Waals surface area contributed by atoms with Crippen molar-refractivity contribution < 1.29 is 4.74 Å². The predicted molar refractivity (Wildman–Crippen MR) is 100 cm³/mol. The van der Waals surface area contributed by atoms with Crippen LogP contribution in [0.25, 0.3) is 21.5 Å². The Bertz CT molecular complexity index is 1110. The van der Waals surface area contributed by atoms with Gasteiger partial charge in [-0.2, -0.15) is 0 Å². The van der Waals surface area contributed by atoms with E-state index in [2.05, 4.69) is 66.1 Å². The zero-order valence-electron chi connectivity index (χ0n) is 13.1. The second-order valence-corrected chi connectivity index (χ2v) is 5.92. The summed E-state index contributed by atoms with van der Waals surface area (Å²) >= 11 is 0. The van der Waals surface area contributed by atoms with Gasteiger partial charge < -0.3 is 9.64 Å². The lowest BCUT2D eigenvalue weighted by Crippen LogP contribution is -2.15. The first-order valence-electron chi connectivity index (χ1n) is 8.00. The maximum absolute atomic E-state index is 6.34. The third kappa shape index (κ3) is 1.71. The maximum atomic E-state index is 6.34. The number of fused-ring (bicyclic) bond motifs is 6. The molecule has 0 fully saturated rings. The zero-order chi connectivity index (χ0) is 16.1. The monoisotopic (exact) mass is 309 g/mol. The van der Waals surface area contributed by atoms with Crippen LogP contribution in [0.3, 0.4) is 0 Å². The van der Waals surface area contributed by atoms with Crippen LogP contribution >= 0.6 is 0 Å². The van der Waals surface area contributed by atoms with E-state index < -0.39 is 0 Å². The third-order valence-electron chi connectivity index (χ3n) is 4.62. The fourth-order valence-corrected chi connectivity index (χ4v) is 3.51. The SMILES string of the molecule is C=CN1c2ccc3ccccc3c2Oc2ccc3ccccc3c21. The Balaban J connectivity index is 1.86. The second kappa shape index (κ2) is 4.87. The zero-order valence-corrected chi connectivity index (χ0v) is 13.1. The van der Waals surface area contributed by atoms with Gasteiger partial charge in [0, 0.05) is 17.0 Å². The molecule has 0 aromatic heterocycles. The van der Waals surface area contributed by atoms with Gasteiger partial charge in [0.2, 0.25) is 0 Å². The van der Waals surface area contributed by atoms with E-state index in [9.17, 15) is 0 Å². The van der Waals surface area contributed by atoms with E-state index in [1.807, 2.05) is 24.4 Å². The maximum Gasteiger partial charge on any atom is 0.159 e. The fraction of sp³-hybridized carbons (Fsp3) is 0. The van der Waals surface area contributed by atoms with Gasteiger partial charge >= 0.3 is 0 Å². The molecule has 24 heavy (non-hydrogen) atoms. The summed E-state index contributed by atoms with van der Waals surface area (Å²) in [6.07, 6.45) is 1.86. The summed E-state index contributed by atoms with van der Waals surface area (Å²) in [6.45, 7) is 4.04. The van der Waals surface area contributed by atoms with Crippen molar-refractivity contribution in [1.82, 2.24) is 0 Å². The van der Waals surface area contributed by atoms with Gasteiger partial charge in [-0.1, -0.05) is 67.2 Å². The Morgan fingerprint density at radius 1 is 0.750 bits per heavy atom. The van der Waals surface area contributed by atoms with Crippen molar-refractivity contribution in [3.8, 4) is 11.5 Å². The molecule has 0 aliphatic carbocycles. The summed E-state index contributed by atoms with van der Waals surface area (Å²) in [5.74, 6) is 1.74. The van der Waals surface area contributed by atoms with Crippen LogP contribution in [0.2, 0.25) is 0 Å². The van der Waals surface area contributed by atoms with E-state index in [0.717, 1.165) is 33.6 Å². The average molecular weight is 309 g/mol. The molecule has 5 rings (SSSR count). The largest absolute Gasteiger partial charge is 0.452 e. The predicted octanol–water partition coefficient (Wildman–Crippen LogP) is 6.38. The first-order valence-corrected chi connectivity index (χ1v) is 8.00. The molecule has 2 heteroatoms. The molecule has 2 nitrogen and oxygen atoms in total. The summed E-state index contributed by atoms with van der Waals surface area (Å²) < 4.78 is 6.34. The van der Waals surface area contributed by atoms with E-state index in [4.69, 9.17) is 4.74 Å². The van der Waals surface area contributed by atoms with Gasteiger partial charge in [0.15, 0.2) is 11.5 Å². The number of rotatable bonds is 1. The van der Waals surface area contributed by atoms with E-state index in [0.29, 0.717) is 0 Å². The van der Waals surface area contributed by atoms with Crippen LogP contribution in [0.5, 0.6) is 11.5 Å². The normalized spacial score (nSPS) is 12.6. The van der Waals surface area contributed by atoms with Crippen molar-refractivity contribution in [1.29, 1.82) is 0 Å². The van der Waals surface area contributed by atoms with E-state index in [-0.39, 0.29) is 0 Å². The van der Waals surface area contributed by atoms with Crippen LogP contribution in [0, 0.1) is 0 Å². The van der Waals surface area contributed by atoms with Crippen LogP contribution < -0.4 is 9.64 Å². The fourth-order valence-electron chi connectivity index (χ4n) is 3.51. The van der Waals surface area contributed by atoms with Gasteiger partial charge in [-0.05, 0) is 22.9 Å². The van der Waals surface area contributed by atoms with Gasteiger partial charge in [0.1, 0.15) is 0 Å². The van der Waals surface area contributed by atoms with Gasteiger partial charge in [0.05, 0.1) is 11.4 Å². The lowest BCUT2D eigenvalue weighted by molar-refractivity contribution is 0.483. The smallest absolute Gasteiger partial charge is 0.159 e. The molecule has 0 saturated carbocycles. The van der Waals surface area contributed by atoms with E-state index in [1.165, 1.54) is 10.8 Å². The Kier molecular flexibility index (Phi) is 2.68. The second-order valence-electron chi connectivity index (χ2n) is 5.92. The summed E-state index contributed by atoms with van der Waals surface area (Å²) in [4.78, 5) is 2.13. The Morgan fingerprint density at radius 3 is 2.21 bits per heavy atom. The topological polar surface area (TPSA) is 12.5 Å². The highest BCUT2D eigenvalue weighted by Gasteiger charge is 2.26. The van der Waals surface area contributed by atoms with Crippen LogP contribution in [0.4, 0.5) is 11.4 Å². The van der Waals surface area contributed by atoms with E-state index >= 15 is 0 Å². The van der Waals surface area contributed by atoms with Crippen molar-refractivity contribution in [2.24, 2.45) is 0 Å². The number of benzene rings is 4. The lowest BCUT2D eigenvalue weighted by atomic mass is 10.0. The molecule has 0 unspecified atom stereocenters. The highest BCUT2D eigenvalue weighted by atomic mass is 16.5. The van der Waals surface area contributed by atoms with Crippen molar-refractivity contribution >= 4 is 32.9 Å². The number of hydrogen-bond acceptors (Lipinski definition) is 2. The number of nitrogens with zero attached hydrogens (tertiary/aromatic N) is 1. The quantitative estimate of drug-likeness (QED) is 0.404. The van der Waals surface area contributed by atoms with Gasteiger partial charge in [-0.3, -0.25) is 0 Å². The van der Waals surface area contributed by atoms with Gasteiger partial charge in [0.25, 0.3) is 0 Å². The van der Waals surface area contributed by atoms with Gasteiger partial charge in [-0.15, -0.1) is 0 Å². The molecule has 0 atom stereocenters. The first kappa shape index (κ1) is 13.2. The molecular weight excluding hydrogens is 294 g/mol. The van der Waals surface area contributed by atoms with E-state index in [1.54, 1.807) is 0 Å². The molecule has 1 heterocycles. The Labute approximate surface area is 140 Å². The van der Waals surface area contributed by atoms with Gasteiger partial charge in [-0.25, -0.2) is 0 Å². The minimum Gasteiger partial charge on any atom is -0.452 e. The van der Waals surface area contributed by atoms with Crippen molar-refractivity contribution in [3.05, 3.63) is 85.6 Å². The number of hydrogen-bond donors (Lipinski definition) is 0. The van der Waals surface area contributed by atoms with Crippen molar-refractivity contribution in [3.63, 3.8) is 0 Å². The first-order chi connectivity index (χ1) is 11.9. The Hall–Kier alpha value is -3.26. The van der Waals surface area contributed by atoms with Crippen LogP contribution in [0.15, 0.2) is 85.6 Å². The lowest BCUT2D eigenvalue weighted by Gasteiger charge is -2.32.